The van der Waals surface area contributed by atoms with Crippen LogP contribution in [-0.4, -0.2) is 36.2 Å². The molecule has 1 aliphatic heterocycles. The number of piperidine rings is 1. The summed E-state index contributed by atoms with van der Waals surface area (Å²) < 4.78 is 5.33. The van der Waals surface area contributed by atoms with Crippen molar-refractivity contribution < 1.29 is 14.6 Å². The third-order valence-electron chi connectivity index (χ3n) is 4.10. The fourth-order valence-electron chi connectivity index (χ4n) is 2.88. The summed E-state index contributed by atoms with van der Waals surface area (Å²) in [5.74, 6) is 0.0223. The number of carboxylic acids is 1. The predicted molar refractivity (Wildman–Crippen MR) is 78.1 cm³/mol. The first kappa shape index (κ1) is 14.9. The van der Waals surface area contributed by atoms with E-state index in [0.717, 1.165) is 37.2 Å². The van der Waals surface area contributed by atoms with Crippen molar-refractivity contribution >= 4 is 5.97 Å². The van der Waals surface area contributed by atoms with Crippen LogP contribution in [0.25, 0.3) is 0 Å². The first-order valence-corrected chi connectivity index (χ1v) is 7.10. The standard InChI is InChI=1S/C16H23NO3/c1-11-8-15(20-3)12(2)7-14(11)10-17-6-4-5-13(9-17)16(18)19/h7-8,13H,4-6,9-10H2,1-3H3,(H,18,19)/t13-/m0/s1. The van der Waals surface area contributed by atoms with Gasteiger partial charge in [0.25, 0.3) is 0 Å². The van der Waals surface area contributed by atoms with E-state index < -0.39 is 5.97 Å². The van der Waals surface area contributed by atoms with Crippen molar-refractivity contribution in [3.05, 3.63) is 28.8 Å². The second kappa shape index (κ2) is 6.27. The molecule has 1 heterocycles. The van der Waals surface area contributed by atoms with Gasteiger partial charge < -0.3 is 9.84 Å². The molecule has 20 heavy (non-hydrogen) atoms. The Morgan fingerprint density at radius 3 is 2.80 bits per heavy atom. The maximum atomic E-state index is 11.1. The summed E-state index contributed by atoms with van der Waals surface area (Å²) in [4.78, 5) is 13.4. The highest BCUT2D eigenvalue weighted by Gasteiger charge is 2.25. The number of hydrogen-bond donors (Lipinski definition) is 1. The lowest BCUT2D eigenvalue weighted by Crippen LogP contribution is -2.38. The molecule has 2 rings (SSSR count). The summed E-state index contributed by atoms with van der Waals surface area (Å²) in [5, 5.41) is 9.15. The number of ether oxygens (including phenoxy) is 1. The minimum absolute atomic E-state index is 0.219. The predicted octanol–water partition coefficient (Wildman–Crippen LogP) is 2.61. The molecule has 4 nitrogen and oxygen atoms in total. The van der Waals surface area contributed by atoms with E-state index in [1.165, 1.54) is 11.1 Å². The fraction of sp³-hybridized carbons (Fsp3) is 0.562. The van der Waals surface area contributed by atoms with E-state index in [1.807, 2.05) is 6.92 Å². The number of hydrogen-bond acceptors (Lipinski definition) is 3. The van der Waals surface area contributed by atoms with Crippen molar-refractivity contribution in [2.24, 2.45) is 5.92 Å². The van der Waals surface area contributed by atoms with Gasteiger partial charge >= 0.3 is 5.97 Å². The first-order valence-electron chi connectivity index (χ1n) is 7.10. The number of carbonyl (C=O) groups is 1. The van der Waals surface area contributed by atoms with Gasteiger partial charge in [0.1, 0.15) is 5.75 Å². The van der Waals surface area contributed by atoms with Crippen LogP contribution >= 0.6 is 0 Å². The Kier molecular flexibility index (Phi) is 4.65. The number of nitrogens with zero attached hydrogens (tertiary/aromatic N) is 1. The Hall–Kier alpha value is -1.55. The highest BCUT2D eigenvalue weighted by Crippen LogP contribution is 2.25. The molecular formula is C16H23NO3. The van der Waals surface area contributed by atoms with E-state index in [4.69, 9.17) is 9.84 Å². The average molecular weight is 277 g/mol. The highest BCUT2D eigenvalue weighted by atomic mass is 16.5. The molecule has 1 N–H and O–H groups in total. The number of likely N-dealkylation sites (tertiary alicyclic amines) is 1. The summed E-state index contributed by atoms with van der Waals surface area (Å²) >= 11 is 0. The minimum atomic E-state index is -0.669. The van der Waals surface area contributed by atoms with Crippen LogP contribution in [0, 0.1) is 19.8 Å². The SMILES string of the molecule is COc1cc(C)c(CN2CCC[C@H](C(=O)O)C2)cc1C. The zero-order valence-corrected chi connectivity index (χ0v) is 12.5. The third kappa shape index (κ3) is 3.31. The molecule has 4 heteroatoms. The number of carboxylic acid groups (broad SMARTS) is 1. The Morgan fingerprint density at radius 1 is 1.40 bits per heavy atom. The topological polar surface area (TPSA) is 49.8 Å². The number of aliphatic carboxylic acids is 1. The summed E-state index contributed by atoms with van der Waals surface area (Å²) in [6.45, 7) is 6.57. The van der Waals surface area contributed by atoms with Gasteiger partial charge in [-0.1, -0.05) is 6.07 Å². The van der Waals surface area contributed by atoms with E-state index in [9.17, 15) is 4.79 Å². The molecule has 1 atom stereocenters. The molecule has 0 radical (unpaired) electrons. The smallest absolute Gasteiger partial charge is 0.307 e. The Labute approximate surface area is 120 Å². The van der Waals surface area contributed by atoms with Crippen LogP contribution in [0.15, 0.2) is 12.1 Å². The van der Waals surface area contributed by atoms with E-state index >= 15 is 0 Å². The maximum absolute atomic E-state index is 11.1. The van der Waals surface area contributed by atoms with Crippen molar-refractivity contribution in [3.63, 3.8) is 0 Å². The number of methoxy groups -OCH3 is 1. The molecule has 1 aromatic carbocycles. The van der Waals surface area contributed by atoms with Crippen LogP contribution in [0.2, 0.25) is 0 Å². The van der Waals surface area contributed by atoms with Gasteiger partial charge in [-0.3, -0.25) is 9.69 Å². The molecule has 110 valence electrons. The summed E-state index contributed by atoms with van der Waals surface area (Å²) in [5.41, 5.74) is 3.58. The van der Waals surface area contributed by atoms with Gasteiger partial charge in [-0.25, -0.2) is 0 Å². The summed E-state index contributed by atoms with van der Waals surface area (Å²) in [7, 11) is 1.68. The molecule has 0 aliphatic carbocycles. The highest BCUT2D eigenvalue weighted by molar-refractivity contribution is 5.70. The molecule has 1 saturated heterocycles. The van der Waals surface area contributed by atoms with Crippen LogP contribution in [0.1, 0.15) is 29.5 Å². The minimum Gasteiger partial charge on any atom is -0.496 e. The van der Waals surface area contributed by atoms with E-state index in [2.05, 4.69) is 24.0 Å². The van der Waals surface area contributed by atoms with E-state index in [1.54, 1.807) is 7.11 Å². The lowest BCUT2D eigenvalue weighted by atomic mass is 9.97. The van der Waals surface area contributed by atoms with Gasteiger partial charge in [0.2, 0.25) is 0 Å². The van der Waals surface area contributed by atoms with Gasteiger partial charge in [0.15, 0.2) is 0 Å². The van der Waals surface area contributed by atoms with E-state index in [0.29, 0.717) is 6.54 Å². The molecule has 0 aromatic heterocycles. The van der Waals surface area contributed by atoms with Crippen LogP contribution in [-0.2, 0) is 11.3 Å². The molecule has 0 unspecified atom stereocenters. The van der Waals surface area contributed by atoms with Crippen LogP contribution in [0.3, 0.4) is 0 Å². The normalized spacial score (nSPS) is 19.9. The molecule has 0 amide bonds. The summed E-state index contributed by atoms with van der Waals surface area (Å²) in [6, 6.07) is 4.21. The summed E-state index contributed by atoms with van der Waals surface area (Å²) in [6.07, 6.45) is 1.76. The Bertz CT molecular complexity index is 499. The Morgan fingerprint density at radius 2 is 2.15 bits per heavy atom. The van der Waals surface area contributed by atoms with Crippen molar-refractivity contribution in [1.29, 1.82) is 0 Å². The van der Waals surface area contributed by atoms with Crippen LogP contribution in [0.5, 0.6) is 5.75 Å². The fourth-order valence-corrected chi connectivity index (χ4v) is 2.88. The monoisotopic (exact) mass is 277 g/mol. The van der Waals surface area contributed by atoms with Gasteiger partial charge in [-0.05, 0) is 56.0 Å². The molecule has 1 aliphatic rings. The second-order valence-electron chi connectivity index (χ2n) is 5.66. The third-order valence-corrected chi connectivity index (χ3v) is 4.10. The lowest BCUT2D eigenvalue weighted by molar-refractivity contribution is -0.143. The molecule has 0 spiro atoms. The lowest BCUT2D eigenvalue weighted by Gasteiger charge is -2.31. The molecule has 1 fully saturated rings. The van der Waals surface area contributed by atoms with Gasteiger partial charge in [-0.2, -0.15) is 0 Å². The molecule has 1 aromatic rings. The van der Waals surface area contributed by atoms with Crippen molar-refractivity contribution in [2.45, 2.75) is 33.2 Å². The number of benzene rings is 1. The average Bonchev–Trinajstić information content (AvgIpc) is 2.42. The van der Waals surface area contributed by atoms with Crippen molar-refractivity contribution in [2.75, 3.05) is 20.2 Å². The van der Waals surface area contributed by atoms with Crippen LogP contribution in [0.4, 0.5) is 0 Å². The quantitative estimate of drug-likeness (QED) is 0.919. The van der Waals surface area contributed by atoms with Crippen molar-refractivity contribution in [1.82, 2.24) is 4.90 Å². The van der Waals surface area contributed by atoms with E-state index in [-0.39, 0.29) is 5.92 Å². The molecule has 0 bridgehead atoms. The zero-order valence-electron chi connectivity index (χ0n) is 12.5. The second-order valence-corrected chi connectivity index (χ2v) is 5.66. The molecule has 0 saturated carbocycles. The number of aryl methyl sites for hydroxylation is 2. The van der Waals surface area contributed by atoms with Gasteiger partial charge in [0.05, 0.1) is 13.0 Å². The first-order chi connectivity index (χ1) is 9.51. The number of rotatable bonds is 4. The van der Waals surface area contributed by atoms with Crippen molar-refractivity contribution in [3.8, 4) is 5.75 Å². The van der Waals surface area contributed by atoms with Gasteiger partial charge in [0, 0.05) is 13.1 Å². The van der Waals surface area contributed by atoms with Crippen LogP contribution < -0.4 is 4.74 Å². The maximum Gasteiger partial charge on any atom is 0.307 e. The Balaban J connectivity index is 2.10. The largest absolute Gasteiger partial charge is 0.496 e. The molecular weight excluding hydrogens is 254 g/mol. The van der Waals surface area contributed by atoms with Gasteiger partial charge in [-0.15, -0.1) is 0 Å². The zero-order chi connectivity index (χ0) is 14.7.